The maximum atomic E-state index is 4.42. The summed E-state index contributed by atoms with van der Waals surface area (Å²) in [4.78, 5) is 4.42. The molecule has 3 rings (SSSR count). The summed E-state index contributed by atoms with van der Waals surface area (Å²) in [5, 5.41) is 11.9. The van der Waals surface area contributed by atoms with Crippen LogP contribution in [0.5, 0.6) is 0 Å². The summed E-state index contributed by atoms with van der Waals surface area (Å²) in [6, 6.07) is 8.39. The van der Waals surface area contributed by atoms with Gasteiger partial charge in [-0.05, 0) is 11.0 Å². The molecule has 3 aromatic rings. The van der Waals surface area contributed by atoms with E-state index in [1.165, 1.54) is 11.9 Å². The van der Waals surface area contributed by atoms with E-state index < -0.39 is 0 Å². The van der Waals surface area contributed by atoms with Crippen LogP contribution in [0.1, 0.15) is 26.3 Å². The van der Waals surface area contributed by atoms with Crippen molar-refractivity contribution in [2.75, 3.05) is 0 Å². The average Bonchev–Trinajstić information content (AvgIpc) is 2.85. The van der Waals surface area contributed by atoms with Gasteiger partial charge in [-0.2, -0.15) is 9.61 Å². The van der Waals surface area contributed by atoms with Crippen LogP contribution in [-0.2, 0) is 5.41 Å². The highest BCUT2D eigenvalue weighted by Gasteiger charge is 2.13. The molecular formula is C14H15N5. The molecule has 96 valence electrons. The first-order valence-corrected chi connectivity index (χ1v) is 6.18. The lowest BCUT2D eigenvalue weighted by Gasteiger charge is -2.19. The first kappa shape index (κ1) is 11.8. The Kier molecular flexibility index (Phi) is 2.55. The quantitative estimate of drug-likeness (QED) is 0.668. The zero-order chi connectivity index (χ0) is 13.5. The molecule has 1 aromatic carbocycles. The molecule has 0 saturated heterocycles. The lowest BCUT2D eigenvalue weighted by molar-refractivity contribution is 0.590. The van der Waals surface area contributed by atoms with Crippen LogP contribution in [0, 0.1) is 0 Å². The van der Waals surface area contributed by atoms with Gasteiger partial charge in [0.2, 0.25) is 0 Å². The predicted molar refractivity (Wildman–Crippen MR) is 72.7 cm³/mol. The Morgan fingerprint density at radius 2 is 1.79 bits per heavy atom. The summed E-state index contributed by atoms with van der Waals surface area (Å²) in [5.41, 5.74) is 3.29. The van der Waals surface area contributed by atoms with Crippen LogP contribution >= 0.6 is 0 Å². The minimum atomic E-state index is 0.154. The van der Waals surface area contributed by atoms with Gasteiger partial charge in [0.15, 0.2) is 0 Å². The Morgan fingerprint density at radius 1 is 1.05 bits per heavy atom. The topological polar surface area (TPSA) is 56.0 Å². The summed E-state index contributed by atoms with van der Waals surface area (Å²) in [6.07, 6.45) is 3.26. The zero-order valence-electron chi connectivity index (χ0n) is 11.2. The van der Waals surface area contributed by atoms with Crippen LogP contribution in [0.15, 0.2) is 36.8 Å². The molecule has 0 aliphatic rings. The fourth-order valence-corrected chi connectivity index (χ4v) is 1.91. The van der Waals surface area contributed by atoms with Gasteiger partial charge in [-0.3, -0.25) is 0 Å². The van der Waals surface area contributed by atoms with Crippen molar-refractivity contribution in [2.45, 2.75) is 26.2 Å². The van der Waals surface area contributed by atoms with Crippen molar-refractivity contribution < 1.29 is 0 Å². The molecule has 2 aromatic heterocycles. The first-order valence-electron chi connectivity index (χ1n) is 6.18. The summed E-state index contributed by atoms with van der Waals surface area (Å²) in [7, 11) is 0. The van der Waals surface area contributed by atoms with Crippen molar-refractivity contribution in [3.63, 3.8) is 0 Å². The molecule has 2 heterocycles. The largest absolute Gasteiger partial charge is 0.272 e. The number of fused-ring (bicyclic) bond motifs is 1. The van der Waals surface area contributed by atoms with Crippen molar-refractivity contribution in [1.82, 2.24) is 24.8 Å². The highest BCUT2D eigenvalue weighted by molar-refractivity contribution is 5.60. The molecule has 0 aliphatic heterocycles. The second-order valence-electron chi connectivity index (χ2n) is 5.54. The van der Waals surface area contributed by atoms with Gasteiger partial charge in [-0.25, -0.2) is 4.98 Å². The summed E-state index contributed by atoms with van der Waals surface area (Å²) in [5.74, 6) is 0.511. The van der Waals surface area contributed by atoms with Crippen molar-refractivity contribution in [3.05, 3.63) is 42.4 Å². The molecule has 0 aliphatic carbocycles. The van der Waals surface area contributed by atoms with Gasteiger partial charge in [0.1, 0.15) is 6.33 Å². The van der Waals surface area contributed by atoms with Crippen LogP contribution in [0.2, 0.25) is 0 Å². The van der Waals surface area contributed by atoms with Crippen molar-refractivity contribution in [3.8, 4) is 11.3 Å². The van der Waals surface area contributed by atoms with Crippen LogP contribution < -0.4 is 0 Å². The number of rotatable bonds is 1. The molecule has 0 amide bonds. The van der Waals surface area contributed by atoms with Crippen molar-refractivity contribution in [1.29, 1.82) is 0 Å². The van der Waals surface area contributed by atoms with Crippen molar-refractivity contribution in [2.24, 2.45) is 0 Å². The van der Waals surface area contributed by atoms with Gasteiger partial charge < -0.3 is 0 Å². The molecule has 0 fully saturated rings. The molecule has 0 unspecified atom stereocenters. The van der Waals surface area contributed by atoms with Crippen molar-refractivity contribution >= 4 is 5.78 Å². The number of hydrogen-bond acceptors (Lipinski definition) is 4. The van der Waals surface area contributed by atoms with Crippen LogP contribution in [0.3, 0.4) is 0 Å². The molecule has 0 saturated carbocycles. The predicted octanol–water partition coefficient (Wildman–Crippen LogP) is 2.48. The summed E-state index contributed by atoms with van der Waals surface area (Å²) in [6.45, 7) is 6.60. The van der Waals surface area contributed by atoms with Gasteiger partial charge in [-0.1, -0.05) is 45.0 Å². The second kappa shape index (κ2) is 4.12. The van der Waals surface area contributed by atoms with E-state index in [1.807, 2.05) is 0 Å². The second-order valence-corrected chi connectivity index (χ2v) is 5.54. The van der Waals surface area contributed by atoms with E-state index in [4.69, 9.17) is 0 Å². The van der Waals surface area contributed by atoms with E-state index in [0.717, 1.165) is 11.3 Å². The number of nitrogens with zero attached hydrogens (tertiary/aromatic N) is 5. The van der Waals surface area contributed by atoms with Gasteiger partial charge >= 0.3 is 0 Å². The highest BCUT2D eigenvalue weighted by atomic mass is 15.4. The van der Waals surface area contributed by atoms with Gasteiger partial charge in [-0.15, -0.1) is 10.2 Å². The van der Waals surface area contributed by atoms with E-state index >= 15 is 0 Å². The van der Waals surface area contributed by atoms with Crippen LogP contribution in [-0.4, -0.2) is 24.8 Å². The lowest BCUT2D eigenvalue weighted by atomic mass is 9.86. The zero-order valence-corrected chi connectivity index (χ0v) is 11.2. The van der Waals surface area contributed by atoms with Crippen LogP contribution in [0.25, 0.3) is 17.0 Å². The molecule has 0 atom stereocenters. The van der Waals surface area contributed by atoms with Gasteiger partial charge in [0, 0.05) is 5.56 Å². The minimum Gasteiger partial charge on any atom is -0.208 e. The Balaban J connectivity index is 2.01. The summed E-state index contributed by atoms with van der Waals surface area (Å²) >= 11 is 0. The Labute approximate surface area is 111 Å². The monoisotopic (exact) mass is 253 g/mol. The molecule has 0 spiro atoms. The number of hydrogen-bond donors (Lipinski definition) is 0. The molecular weight excluding hydrogens is 238 g/mol. The standard InChI is InChI=1S/C14H15N5/c1-14(2,3)11-6-4-10(5-7-11)12-8-16-19-9-15-18-13(19)17-12/h4-9H,1-3H3. The SMILES string of the molecule is CC(C)(C)c1ccc(-c2cnn3cnnc3n2)cc1. The van der Waals surface area contributed by atoms with E-state index in [2.05, 4.69) is 65.3 Å². The molecule has 5 nitrogen and oxygen atoms in total. The minimum absolute atomic E-state index is 0.154. The Morgan fingerprint density at radius 3 is 2.47 bits per heavy atom. The normalized spacial score (nSPS) is 11.9. The van der Waals surface area contributed by atoms with E-state index in [1.54, 1.807) is 10.7 Å². The fraction of sp³-hybridized carbons (Fsp3) is 0.286. The number of aromatic nitrogens is 5. The highest BCUT2D eigenvalue weighted by Crippen LogP contribution is 2.25. The van der Waals surface area contributed by atoms with Gasteiger partial charge in [0.05, 0.1) is 11.9 Å². The number of benzene rings is 1. The molecule has 19 heavy (non-hydrogen) atoms. The maximum absolute atomic E-state index is 4.42. The lowest BCUT2D eigenvalue weighted by Crippen LogP contribution is -2.10. The molecule has 0 radical (unpaired) electrons. The maximum Gasteiger partial charge on any atom is 0.272 e. The smallest absolute Gasteiger partial charge is 0.208 e. The fourth-order valence-electron chi connectivity index (χ4n) is 1.91. The molecule has 0 N–H and O–H groups in total. The third-order valence-electron chi connectivity index (χ3n) is 3.08. The molecule has 0 bridgehead atoms. The molecule has 5 heteroatoms. The van der Waals surface area contributed by atoms with E-state index in [-0.39, 0.29) is 5.41 Å². The van der Waals surface area contributed by atoms with E-state index in [0.29, 0.717) is 5.78 Å². The third kappa shape index (κ3) is 2.19. The first-order chi connectivity index (χ1) is 9.04. The average molecular weight is 253 g/mol. The Hall–Kier alpha value is -2.30. The van der Waals surface area contributed by atoms with E-state index in [9.17, 15) is 0 Å². The van der Waals surface area contributed by atoms with Gasteiger partial charge in [0.25, 0.3) is 5.78 Å². The summed E-state index contributed by atoms with van der Waals surface area (Å²) < 4.78 is 1.55. The third-order valence-corrected chi connectivity index (χ3v) is 3.08. The van der Waals surface area contributed by atoms with Crippen LogP contribution in [0.4, 0.5) is 0 Å². The Bertz CT molecular complexity index is 707.